The molecule has 1 fully saturated rings. The number of para-hydroxylation sites is 1. The normalized spacial score (nSPS) is 18.4. The van der Waals surface area contributed by atoms with Gasteiger partial charge in [0, 0.05) is 25.1 Å². The molecule has 4 heteroatoms. The second-order valence-corrected chi connectivity index (χ2v) is 6.03. The molecule has 1 aliphatic rings. The van der Waals surface area contributed by atoms with E-state index >= 15 is 0 Å². The fourth-order valence-corrected chi connectivity index (χ4v) is 2.94. The summed E-state index contributed by atoms with van der Waals surface area (Å²) < 4.78 is 12.6. The molecule has 1 heterocycles. The first-order chi connectivity index (χ1) is 9.81. The van der Waals surface area contributed by atoms with Gasteiger partial charge in [-0.05, 0) is 47.8 Å². The molecule has 1 N–H and O–H groups in total. The molecule has 0 saturated carbocycles. The zero-order valence-electron chi connectivity index (χ0n) is 12.2. The lowest BCUT2D eigenvalue weighted by molar-refractivity contribution is 0.0901. The standard InChI is InChI=1S/C16H24BrNO2/c1-2-9-18-12-13-5-3-7-15(17)16(13)20-11-8-14-6-4-10-19-14/h3,5,7,14,18H,2,4,6,8-12H2,1H3. The van der Waals surface area contributed by atoms with Crippen molar-refractivity contribution in [1.29, 1.82) is 0 Å². The monoisotopic (exact) mass is 341 g/mol. The fourth-order valence-electron chi connectivity index (χ4n) is 2.42. The molecule has 1 aliphatic heterocycles. The Bertz CT molecular complexity index is 405. The van der Waals surface area contributed by atoms with E-state index in [0.717, 1.165) is 42.8 Å². The summed E-state index contributed by atoms with van der Waals surface area (Å²) in [6.07, 6.45) is 4.86. The number of hydrogen-bond donors (Lipinski definition) is 1. The molecule has 1 aromatic carbocycles. The minimum Gasteiger partial charge on any atom is -0.492 e. The summed E-state index contributed by atoms with van der Waals surface area (Å²) in [6.45, 7) is 5.68. The molecule has 20 heavy (non-hydrogen) atoms. The summed E-state index contributed by atoms with van der Waals surface area (Å²) in [6, 6.07) is 6.21. The largest absolute Gasteiger partial charge is 0.492 e. The molecule has 112 valence electrons. The molecule has 0 aliphatic carbocycles. The van der Waals surface area contributed by atoms with E-state index in [0.29, 0.717) is 12.7 Å². The average molecular weight is 342 g/mol. The van der Waals surface area contributed by atoms with E-state index in [2.05, 4.69) is 40.3 Å². The predicted molar refractivity (Wildman–Crippen MR) is 85.2 cm³/mol. The highest BCUT2D eigenvalue weighted by atomic mass is 79.9. The van der Waals surface area contributed by atoms with Crippen LogP contribution < -0.4 is 10.1 Å². The highest BCUT2D eigenvalue weighted by Gasteiger charge is 2.16. The summed E-state index contributed by atoms with van der Waals surface area (Å²) >= 11 is 3.59. The second kappa shape index (κ2) is 8.65. The SMILES string of the molecule is CCCNCc1cccc(Br)c1OCCC1CCCO1. The van der Waals surface area contributed by atoms with E-state index in [1.807, 2.05) is 6.07 Å². The van der Waals surface area contributed by atoms with Gasteiger partial charge in [-0.25, -0.2) is 0 Å². The number of benzene rings is 1. The number of rotatable bonds is 8. The summed E-state index contributed by atoms with van der Waals surface area (Å²) in [5, 5.41) is 3.42. The Kier molecular flexibility index (Phi) is 6.83. The van der Waals surface area contributed by atoms with Crippen LogP contribution in [0.4, 0.5) is 0 Å². The molecule has 1 atom stereocenters. The van der Waals surface area contributed by atoms with E-state index in [-0.39, 0.29) is 0 Å². The van der Waals surface area contributed by atoms with E-state index in [1.54, 1.807) is 0 Å². The van der Waals surface area contributed by atoms with Gasteiger partial charge in [0.2, 0.25) is 0 Å². The van der Waals surface area contributed by atoms with Crippen LogP contribution in [0.15, 0.2) is 22.7 Å². The van der Waals surface area contributed by atoms with E-state index < -0.39 is 0 Å². The van der Waals surface area contributed by atoms with Gasteiger partial charge in [0.05, 0.1) is 17.2 Å². The summed E-state index contributed by atoms with van der Waals surface area (Å²) in [7, 11) is 0. The van der Waals surface area contributed by atoms with Gasteiger partial charge in [0.15, 0.2) is 0 Å². The zero-order valence-corrected chi connectivity index (χ0v) is 13.7. The van der Waals surface area contributed by atoms with Gasteiger partial charge < -0.3 is 14.8 Å². The van der Waals surface area contributed by atoms with Crippen molar-refractivity contribution in [2.45, 2.75) is 45.3 Å². The first-order valence-electron chi connectivity index (χ1n) is 7.53. The van der Waals surface area contributed by atoms with Crippen molar-refractivity contribution in [3.05, 3.63) is 28.2 Å². The number of ether oxygens (including phenoxy) is 2. The second-order valence-electron chi connectivity index (χ2n) is 5.18. The fraction of sp³-hybridized carbons (Fsp3) is 0.625. The Morgan fingerprint density at radius 1 is 1.45 bits per heavy atom. The third kappa shape index (κ3) is 4.76. The molecular formula is C16H24BrNO2. The van der Waals surface area contributed by atoms with Gasteiger partial charge in [-0.3, -0.25) is 0 Å². The van der Waals surface area contributed by atoms with Gasteiger partial charge in [0.1, 0.15) is 5.75 Å². The highest BCUT2D eigenvalue weighted by molar-refractivity contribution is 9.10. The van der Waals surface area contributed by atoms with Crippen LogP contribution in [0.2, 0.25) is 0 Å². The highest BCUT2D eigenvalue weighted by Crippen LogP contribution is 2.29. The molecule has 3 nitrogen and oxygen atoms in total. The number of nitrogens with one attached hydrogen (secondary N) is 1. The van der Waals surface area contributed by atoms with Crippen LogP contribution in [0.25, 0.3) is 0 Å². The Balaban J connectivity index is 1.87. The van der Waals surface area contributed by atoms with E-state index in [1.165, 1.54) is 18.4 Å². The quantitative estimate of drug-likeness (QED) is 0.727. The Morgan fingerprint density at radius 2 is 2.35 bits per heavy atom. The van der Waals surface area contributed by atoms with E-state index in [4.69, 9.17) is 9.47 Å². The van der Waals surface area contributed by atoms with Crippen molar-refractivity contribution >= 4 is 15.9 Å². The molecule has 0 radical (unpaired) electrons. The Hall–Kier alpha value is -0.580. The van der Waals surface area contributed by atoms with Crippen molar-refractivity contribution in [1.82, 2.24) is 5.32 Å². The lowest BCUT2D eigenvalue weighted by Gasteiger charge is -2.15. The maximum Gasteiger partial charge on any atom is 0.137 e. The smallest absolute Gasteiger partial charge is 0.137 e. The molecule has 1 unspecified atom stereocenters. The Labute approximate surface area is 130 Å². The minimum absolute atomic E-state index is 0.388. The zero-order chi connectivity index (χ0) is 14.2. The first kappa shape index (κ1) is 15.8. The van der Waals surface area contributed by atoms with Crippen LogP contribution in [-0.2, 0) is 11.3 Å². The van der Waals surface area contributed by atoms with Crippen molar-refractivity contribution in [3.63, 3.8) is 0 Å². The molecular weight excluding hydrogens is 318 g/mol. The average Bonchev–Trinajstić information content (AvgIpc) is 2.95. The van der Waals surface area contributed by atoms with Crippen molar-refractivity contribution in [2.24, 2.45) is 0 Å². The topological polar surface area (TPSA) is 30.5 Å². The van der Waals surface area contributed by atoms with Crippen LogP contribution in [0.3, 0.4) is 0 Å². The number of halogens is 1. The summed E-state index contributed by atoms with van der Waals surface area (Å²) in [5.41, 5.74) is 1.21. The number of hydrogen-bond acceptors (Lipinski definition) is 3. The van der Waals surface area contributed by atoms with Crippen LogP contribution in [0, 0.1) is 0 Å². The lowest BCUT2D eigenvalue weighted by Crippen LogP contribution is -2.16. The molecule has 1 saturated heterocycles. The van der Waals surface area contributed by atoms with E-state index in [9.17, 15) is 0 Å². The van der Waals surface area contributed by atoms with Crippen LogP contribution >= 0.6 is 15.9 Å². The van der Waals surface area contributed by atoms with Crippen LogP contribution in [0.1, 0.15) is 38.2 Å². The van der Waals surface area contributed by atoms with Gasteiger partial charge in [-0.1, -0.05) is 19.1 Å². The van der Waals surface area contributed by atoms with Crippen molar-refractivity contribution < 1.29 is 9.47 Å². The van der Waals surface area contributed by atoms with Crippen LogP contribution in [-0.4, -0.2) is 25.9 Å². The third-order valence-corrected chi connectivity index (χ3v) is 4.13. The molecule has 1 aromatic rings. The molecule has 0 aromatic heterocycles. The maximum absolute atomic E-state index is 5.99. The Morgan fingerprint density at radius 3 is 3.10 bits per heavy atom. The van der Waals surface area contributed by atoms with Gasteiger partial charge in [0.25, 0.3) is 0 Å². The molecule has 2 rings (SSSR count). The first-order valence-corrected chi connectivity index (χ1v) is 8.33. The van der Waals surface area contributed by atoms with Gasteiger partial charge in [-0.15, -0.1) is 0 Å². The third-order valence-electron chi connectivity index (χ3n) is 3.50. The maximum atomic E-state index is 5.99. The molecule has 0 bridgehead atoms. The van der Waals surface area contributed by atoms with Crippen molar-refractivity contribution in [3.8, 4) is 5.75 Å². The van der Waals surface area contributed by atoms with Gasteiger partial charge >= 0.3 is 0 Å². The molecule has 0 amide bonds. The summed E-state index contributed by atoms with van der Waals surface area (Å²) in [5.74, 6) is 0.967. The minimum atomic E-state index is 0.388. The van der Waals surface area contributed by atoms with Crippen molar-refractivity contribution in [2.75, 3.05) is 19.8 Å². The predicted octanol–water partition coefficient (Wildman–Crippen LogP) is 3.90. The molecule has 0 spiro atoms. The summed E-state index contributed by atoms with van der Waals surface area (Å²) in [4.78, 5) is 0. The van der Waals surface area contributed by atoms with Gasteiger partial charge in [-0.2, -0.15) is 0 Å². The van der Waals surface area contributed by atoms with Crippen LogP contribution in [0.5, 0.6) is 5.75 Å². The lowest BCUT2D eigenvalue weighted by atomic mass is 10.2.